The second kappa shape index (κ2) is 13.8. The first-order chi connectivity index (χ1) is 18.7. The average Bonchev–Trinajstić information content (AvgIpc) is 3.23. The molecule has 8 heteroatoms. The van der Waals surface area contributed by atoms with Gasteiger partial charge in [-0.1, -0.05) is 44.2 Å². The van der Waals surface area contributed by atoms with Crippen molar-refractivity contribution in [3.05, 3.63) is 47.7 Å². The lowest BCUT2D eigenvalue weighted by atomic mass is 9.59. The van der Waals surface area contributed by atoms with E-state index in [-0.39, 0.29) is 6.47 Å². The summed E-state index contributed by atoms with van der Waals surface area (Å²) in [7, 11) is 1.81. The van der Waals surface area contributed by atoms with Crippen LogP contribution < -0.4 is 4.90 Å². The number of aryl methyl sites for hydroxylation is 1. The first-order valence-electron chi connectivity index (χ1n) is 14.6. The van der Waals surface area contributed by atoms with Gasteiger partial charge in [0, 0.05) is 76.3 Å². The number of nitrogens with zero attached hydrogens (tertiary/aromatic N) is 5. The van der Waals surface area contributed by atoms with Crippen molar-refractivity contribution >= 4 is 12.3 Å². The third-order valence-corrected chi connectivity index (χ3v) is 8.36. The van der Waals surface area contributed by atoms with Gasteiger partial charge in [0.2, 0.25) is 0 Å². The van der Waals surface area contributed by atoms with Crippen LogP contribution in [0, 0.1) is 12.3 Å². The molecule has 2 saturated heterocycles. The molecule has 1 saturated carbocycles. The van der Waals surface area contributed by atoms with Gasteiger partial charge in [0.15, 0.2) is 5.82 Å². The molecule has 0 amide bonds. The van der Waals surface area contributed by atoms with Gasteiger partial charge in [-0.2, -0.15) is 5.10 Å². The topological polar surface area (TPSA) is 74.1 Å². The smallest absolute Gasteiger partial charge is 0.290 e. The van der Waals surface area contributed by atoms with Gasteiger partial charge in [-0.05, 0) is 57.9 Å². The van der Waals surface area contributed by atoms with Gasteiger partial charge in [0.1, 0.15) is 0 Å². The molecule has 1 aliphatic carbocycles. The van der Waals surface area contributed by atoms with Crippen molar-refractivity contribution in [3.8, 4) is 0 Å². The second-order valence-electron chi connectivity index (χ2n) is 12.1. The molecule has 2 aliphatic heterocycles. The van der Waals surface area contributed by atoms with Gasteiger partial charge in [-0.15, -0.1) is 0 Å². The summed E-state index contributed by atoms with van der Waals surface area (Å²) in [5, 5.41) is 12.1. The van der Waals surface area contributed by atoms with Gasteiger partial charge in [-0.25, -0.2) is 0 Å². The predicted molar refractivity (Wildman–Crippen MR) is 158 cm³/mol. The summed E-state index contributed by atoms with van der Waals surface area (Å²) in [5.41, 5.74) is 3.53. The number of benzene rings is 1. The molecule has 39 heavy (non-hydrogen) atoms. The maximum absolute atomic E-state index is 8.36. The van der Waals surface area contributed by atoms with Crippen molar-refractivity contribution in [2.75, 3.05) is 51.3 Å². The van der Waals surface area contributed by atoms with E-state index in [1.165, 1.54) is 37.2 Å². The third kappa shape index (κ3) is 7.62. The first-order valence-corrected chi connectivity index (χ1v) is 14.6. The largest absolute Gasteiger partial charge is 0.483 e. The SMILES string of the molecule is CC.COCCC1CN(Cc2ccccc2)CCN1c1cc(C)n(C2CC3(C2)CN(C(C)(C)C)C3)n1.O=CO. The second-order valence-corrected chi connectivity index (χ2v) is 12.1. The van der Waals surface area contributed by atoms with E-state index in [0.717, 1.165) is 45.0 Å². The lowest BCUT2D eigenvalue weighted by Crippen LogP contribution is -2.67. The van der Waals surface area contributed by atoms with Gasteiger partial charge < -0.3 is 14.7 Å². The molecule has 1 aromatic carbocycles. The van der Waals surface area contributed by atoms with Crippen LogP contribution in [0.25, 0.3) is 0 Å². The number of piperazine rings is 1. The van der Waals surface area contributed by atoms with Crippen LogP contribution in [-0.4, -0.2) is 89.2 Å². The number of methoxy groups -OCH3 is 1. The van der Waals surface area contributed by atoms with Crippen LogP contribution in [-0.2, 0) is 16.1 Å². The highest BCUT2D eigenvalue weighted by atomic mass is 16.5. The van der Waals surface area contributed by atoms with Crippen LogP contribution in [0.4, 0.5) is 5.82 Å². The van der Waals surface area contributed by atoms with Crippen LogP contribution in [0.1, 0.15) is 71.2 Å². The van der Waals surface area contributed by atoms with E-state index in [4.69, 9.17) is 19.7 Å². The van der Waals surface area contributed by atoms with E-state index in [9.17, 15) is 0 Å². The molecule has 218 valence electrons. The number of carbonyl (C=O) groups is 1. The number of ether oxygens (including phenoxy) is 1. The van der Waals surface area contributed by atoms with Crippen molar-refractivity contribution in [2.24, 2.45) is 5.41 Å². The number of carboxylic acid groups (broad SMARTS) is 1. The molecule has 1 aromatic heterocycles. The standard InChI is InChI=1S/C28H43N5O.C2H6.CH2O2/c1-22-15-26(29-33(22)25-16-28(17-25)20-31(21-28)27(2,3)4)32-13-12-30(19-24(32)11-14-34-5)18-23-9-7-6-8-10-23;1-2;2-1-3/h6-10,15,24-25H,11-14,16-21H2,1-5H3;1-2H3;1H,(H,2,3). The Labute approximate surface area is 235 Å². The Kier molecular flexibility index (Phi) is 11.0. The molecule has 8 nitrogen and oxygen atoms in total. The number of rotatable bonds is 7. The highest BCUT2D eigenvalue weighted by Gasteiger charge is 2.55. The zero-order valence-corrected chi connectivity index (χ0v) is 25.3. The predicted octanol–water partition coefficient (Wildman–Crippen LogP) is 5.08. The molecule has 3 heterocycles. The number of aromatic nitrogens is 2. The first kappa shape index (κ1) is 31.1. The summed E-state index contributed by atoms with van der Waals surface area (Å²) in [5.74, 6) is 1.16. The Hall–Kier alpha value is -2.42. The van der Waals surface area contributed by atoms with Crippen molar-refractivity contribution in [1.29, 1.82) is 0 Å². The van der Waals surface area contributed by atoms with Crippen LogP contribution >= 0.6 is 0 Å². The molecule has 1 atom stereocenters. The summed E-state index contributed by atoms with van der Waals surface area (Å²) in [6.45, 7) is 20.4. The Balaban J connectivity index is 0.000000787. The van der Waals surface area contributed by atoms with Crippen molar-refractivity contribution < 1.29 is 14.6 Å². The molecule has 3 fully saturated rings. The number of likely N-dealkylation sites (tertiary alicyclic amines) is 1. The van der Waals surface area contributed by atoms with Crippen LogP contribution in [0.5, 0.6) is 0 Å². The Morgan fingerprint density at radius 2 is 1.77 bits per heavy atom. The molecule has 1 spiro atoms. The molecule has 5 rings (SSSR count). The Bertz CT molecular complexity index is 1000. The van der Waals surface area contributed by atoms with Crippen LogP contribution in [0.3, 0.4) is 0 Å². The number of anilines is 1. The minimum absolute atomic E-state index is 0.250. The minimum Gasteiger partial charge on any atom is -0.483 e. The maximum atomic E-state index is 8.36. The maximum Gasteiger partial charge on any atom is 0.290 e. The van der Waals surface area contributed by atoms with E-state index in [0.29, 0.717) is 23.0 Å². The fourth-order valence-electron chi connectivity index (χ4n) is 6.30. The molecule has 2 aromatic rings. The fourth-order valence-corrected chi connectivity index (χ4v) is 6.30. The van der Waals surface area contributed by atoms with Crippen LogP contribution in [0.15, 0.2) is 36.4 Å². The molecular weight excluding hydrogens is 490 g/mol. The summed E-state index contributed by atoms with van der Waals surface area (Å²) >= 11 is 0. The summed E-state index contributed by atoms with van der Waals surface area (Å²) in [6, 6.07) is 14.1. The molecule has 0 bridgehead atoms. The van der Waals surface area contributed by atoms with E-state index >= 15 is 0 Å². The monoisotopic (exact) mass is 541 g/mol. The number of hydrogen-bond acceptors (Lipinski definition) is 6. The van der Waals surface area contributed by atoms with E-state index in [2.05, 4.69) is 83.5 Å². The van der Waals surface area contributed by atoms with E-state index < -0.39 is 0 Å². The third-order valence-electron chi connectivity index (χ3n) is 8.36. The van der Waals surface area contributed by atoms with Crippen molar-refractivity contribution in [2.45, 2.75) is 85.0 Å². The van der Waals surface area contributed by atoms with Crippen molar-refractivity contribution in [3.63, 3.8) is 0 Å². The fraction of sp³-hybridized carbons (Fsp3) is 0.677. The molecule has 3 aliphatic rings. The normalized spacial score (nSPS) is 21.2. The zero-order chi connectivity index (χ0) is 28.6. The average molecular weight is 542 g/mol. The zero-order valence-electron chi connectivity index (χ0n) is 25.3. The Morgan fingerprint density at radius 1 is 1.13 bits per heavy atom. The minimum atomic E-state index is -0.250. The molecule has 1 unspecified atom stereocenters. The summed E-state index contributed by atoms with van der Waals surface area (Å²) in [6.07, 6.45) is 3.59. The van der Waals surface area contributed by atoms with Crippen molar-refractivity contribution in [1.82, 2.24) is 19.6 Å². The van der Waals surface area contributed by atoms with E-state index in [1.54, 1.807) is 7.11 Å². The quantitative estimate of drug-likeness (QED) is 0.490. The van der Waals surface area contributed by atoms with Gasteiger partial charge in [0.25, 0.3) is 6.47 Å². The molecular formula is C31H51N5O3. The molecule has 1 N–H and O–H groups in total. The van der Waals surface area contributed by atoms with Gasteiger partial charge in [0.05, 0.1) is 6.04 Å². The van der Waals surface area contributed by atoms with Gasteiger partial charge in [-0.3, -0.25) is 19.3 Å². The number of hydrogen-bond donors (Lipinski definition) is 1. The molecule has 0 radical (unpaired) electrons. The van der Waals surface area contributed by atoms with Crippen LogP contribution in [0.2, 0.25) is 0 Å². The Morgan fingerprint density at radius 3 is 2.36 bits per heavy atom. The summed E-state index contributed by atoms with van der Waals surface area (Å²) in [4.78, 5) is 16.1. The van der Waals surface area contributed by atoms with Gasteiger partial charge >= 0.3 is 0 Å². The lowest BCUT2D eigenvalue weighted by molar-refractivity contribution is -0.127. The van der Waals surface area contributed by atoms with E-state index in [1.807, 2.05) is 13.8 Å². The lowest BCUT2D eigenvalue weighted by Gasteiger charge is -2.62. The highest BCUT2D eigenvalue weighted by Crippen LogP contribution is 2.55. The highest BCUT2D eigenvalue weighted by molar-refractivity contribution is 5.42. The summed E-state index contributed by atoms with van der Waals surface area (Å²) < 4.78 is 7.81.